The van der Waals surface area contributed by atoms with Gasteiger partial charge in [0.05, 0.1) is 18.2 Å². The maximum Gasteiger partial charge on any atom is 0.339 e. The summed E-state index contributed by atoms with van der Waals surface area (Å²) in [4.78, 5) is 11.2. The number of hydrogen-bond donors (Lipinski definition) is 0. The van der Waals surface area contributed by atoms with Gasteiger partial charge in [0.1, 0.15) is 0 Å². The van der Waals surface area contributed by atoms with Crippen LogP contribution in [0.1, 0.15) is 29.8 Å². The van der Waals surface area contributed by atoms with E-state index in [0.29, 0.717) is 23.8 Å². The average Bonchev–Trinajstić information content (AvgIpc) is 2.55. The van der Waals surface area contributed by atoms with Crippen LogP contribution in [0.4, 0.5) is 0 Å². The molecule has 2 aromatic rings. The summed E-state index contributed by atoms with van der Waals surface area (Å²) in [7, 11) is -2.49. The highest BCUT2D eigenvalue weighted by molar-refractivity contribution is 7.81. The smallest absolute Gasteiger partial charge is 0.298 e. The Labute approximate surface area is 143 Å². The first-order valence-corrected chi connectivity index (χ1v) is 9.59. The fourth-order valence-corrected chi connectivity index (χ4v) is 5.84. The monoisotopic (exact) mass is 351 g/mol. The van der Waals surface area contributed by atoms with Gasteiger partial charge in [-0.25, -0.2) is 0 Å². The number of rotatable bonds is 7. The Bertz CT molecular complexity index is 644. The van der Waals surface area contributed by atoms with Crippen molar-refractivity contribution in [2.75, 3.05) is 13.2 Å². The molecular weight excluding hydrogens is 331 g/mol. The molecule has 23 heavy (non-hydrogen) atoms. The van der Waals surface area contributed by atoms with Crippen molar-refractivity contribution >= 4 is 36.2 Å². The third-order valence-electron chi connectivity index (χ3n) is 3.50. The number of benzene rings is 2. The molecule has 122 valence electrons. The van der Waals surface area contributed by atoms with Crippen molar-refractivity contribution in [1.29, 1.82) is 0 Å². The van der Waals surface area contributed by atoms with E-state index >= 15 is 0 Å². The lowest BCUT2D eigenvalue weighted by Crippen LogP contribution is -2.27. The molecule has 0 spiro atoms. The number of aryl methyl sites for hydroxylation is 1. The third kappa shape index (κ3) is 3.64. The second-order valence-electron chi connectivity index (χ2n) is 5.00. The van der Waals surface area contributed by atoms with Crippen LogP contribution in [-0.4, -0.2) is 19.5 Å². The lowest BCUT2D eigenvalue weighted by Gasteiger charge is -2.23. The van der Waals surface area contributed by atoms with Crippen LogP contribution in [-0.2, 0) is 9.05 Å². The van der Waals surface area contributed by atoms with Gasteiger partial charge in [0.2, 0.25) is 0 Å². The fourth-order valence-electron chi connectivity index (χ4n) is 2.53. The average molecular weight is 352 g/mol. The number of carbonyl (C=O) groups is 1. The van der Waals surface area contributed by atoms with Gasteiger partial charge < -0.3 is 0 Å². The minimum absolute atomic E-state index is 0.426. The minimum atomic E-state index is -2.49. The summed E-state index contributed by atoms with van der Waals surface area (Å²) in [6, 6.07) is 13.7. The summed E-state index contributed by atoms with van der Waals surface area (Å²) in [5, 5.41) is 2.31. The molecular formula is C18H21ClO3P+. The molecule has 2 aromatic carbocycles. The van der Waals surface area contributed by atoms with Gasteiger partial charge in [-0.05, 0) is 44.5 Å². The van der Waals surface area contributed by atoms with Crippen molar-refractivity contribution in [1.82, 2.24) is 0 Å². The Morgan fingerprint density at radius 3 is 2.13 bits per heavy atom. The Hall–Kier alpha value is -1.25. The van der Waals surface area contributed by atoms with E-state index in [9.17, 15) is 4.79 Å². The van der Waals surface area contributed by atoms with Crippen molar-refractivity contribution in [3.05, 3.63) is 58.6 Å². The summed E-state index contributed by atoms with van der Waals surface area (Å²) >= 11 is 6.30. The van der Waals surface area contributed by atoms with Gasteiger partial charge in [-0.1, -0.05) is 29.8 Å². The van der Waals surface area contributed by atoms with Crippen molar-refractivity contribution < 1.29 is 13.8 Å². The summed E-state index contributed by atoms with van der Waals surface area (Å²) in [5.41, 5.74) is 1.33. The van der Waals surface area contributed by atoms with Crippen LogP contribution in [0.25, 0.3) is 0 Å². The first-order chi connectivity index (χ1) is 11.1. The second kappa shape index (κ2) is 8.03. The zero-order valence-electron chi connectivity index (χ0n) is 13.6. The van der Waals surface area contributed by atoms with Gasteiger partial charge in [0, 0.05) is 11.6 Å². The molecule has 0 unspecified atom stereocenters. The summed E-state index contributed by atoms with van der Waals surface area (Å²) < 4.78 is 12.3. The zero-order chi connectivity index (χ0) is 16.9. The number of aldehydes is 1. The highest BCUT2D eigenvalue weighted by atomic mass is 35.5. The van der Waals surface area contributed by atoms with Crippen LogP contribution in [0.15, 0.2) is 42.5 Å². The van der Waals surface area contributed by atoms with Gasteiger partial charge in [0.25, 0.3) is 0 Å². The molecule has 0 amide bonds. The van der Waals surface area contributed by atoms with E-state index in [4.69, 9.17) is 20.6 Å². The topological polar surface area (TPSA) is 35.5 Å². The Morgan fingerprint density at radius 1 is 1.04 bits per heavy atom. The van der Waals surface area contributed by atoms with E-state index in [1.54, 1.807) is 6.07 Å². The first-order valence-electron chi connectivity index (χ1n) is 7.58. The molecule has 0 atom stereocenters. The molecule has 0 N–H and O–H groups in total. The number of halogens is 1. The lowest BCUT2D eigenvalue weighted by molar-refractivity contribution is 0.112. The molecule has 3 nitrogen and oxygen atoms in total. The molecule has 0 radical (unpaired) electrons. The van der Waals surface area contributed by atoms with Gasteiger partial charge in [0.15, 0.2) is 16.9 Å². The fraction of sp³-hybridized carbons (Fsp3) is 0.278. The van der Waals surface area contributed by atoms with E-state index in [1.165, 1.54) is 0 Å². The van der Waals surface area contributed by atoms with Crippen LogP contribution >= 0.6 is 19.3 Å². The highest BCUT2D eigenvalue weighted by Gasteiger charge is 2.48. The molecule has 0 bridgehead atoms. The summed E-state index contributed by atoms with van der Waals surface area (Å²) in [6.07, 6.45) is 0.783. The first kappa shape index (κ1) is 18.1. The molecule has 0 saturated heterocycles. The van der Waals surface area contributed by atoms with E-state index in [1.807, 2.05) is 57.2 Å². The van der Waals surface area contributed by atoms with Gasteiger partial charge in [-0.15, -0.1) is 0 Å². The molecule has 0 heterocycles. The van der Waals surface area contributed by atoms with Crippen LogP contribution in [0.2, 0.25) is 5.02 Å². The molecule has 0 aromatic heterocycles. The molecule has 2 rings (SSSR count). The van der Waals surface area contributed by atoms with Crippen molar-refractivity contribution in [3.8, 4) is 0 Å². The Kier molecular flexibility index (Phi) is 6.32. The molecule has 0 fully saturated rings. The Balaban J connectivity index is 2.69. The predicted octanol–water partition coefficient (Wildman–Crippen LogP) is 4.33. The molecule has 0 saturated carbocycles. The maximum atomic E-state index is 11.2. The quantitative estimate of drug-likeness (QED) is 0.550. The van der Waals surface area contributed by atoms with Crippen LogP contribution in [0, 0.1) is 6.92 Å². The van der Waals surface area contributed by atoms with Crippen molar-refractivity contribution in [2.24, 2.45) is 0 Å². The van der Waals surface area contributed by atoms with Crippen LogP contribution in [0.3, 0.4) is 0 Å². The zero-order valence-corrected chi connectivity index (χ0v) is 15.2. The van der Waals surface area contributed by atoms with E-state index in [2.05, 4.69) is 0 Å². The minimum Gasteiger partial charge on any atom is -0.298 e. The second-order valence-corrected chi connectivity index (χ2v) is 8.06. The van der Waals surface area contributed by atoms with Crippen LogP contribution in [0.5, 0.6) is 0 Å². The highest BCUT2D eigenvalue weighted by Crippen LogP contribution is 2.59. The summed E-state index contributed by atoms with van der Waals surface area (Å²) in [5.74, 6) is 0. The third-order valence-corrected chi connectivity index (χ3v) is 6.97. The molecule has 0 aliphatic heterocycles. The van der Waals surface area contributed by atoms with Gasteiger partial charge in [-0.3, -0.25) is 4.79 Å². The van der Waals surface area contributed by atoms with E-state index < -0.39 is 7.72 Å². The largest absolute Gasteiger partial charge is 0.339 e. The lowest BCUT2D eigenvalue weighted by atomic mass is 10.1. The number of hydrogen-bond acceptors (Lipinski definition) is 3. The normalized spacial score (nSPS) is 11.5. The molecule has 5 heteroatoms. The van der Waals surface area contributed by atoms with Gasteiger partial charge in [-0.2, -0.15) is 9.05 Å². The van der Waals surface area contributed by atoms with E-state index in [0.717, 1.165) is 22.5 Å². The van der Waals surface area contributed by atoms with Crippen molar-refractivity contribution in [3.63, 3.8) is 0 Å². The van der Waals surface area contributed by atoms with Gasteiger partial charge >= 0.3 is 7.72 Å². The SMILES string of the molecule is CCO[P+](OCC)(c1ccccc1)c1cc(C)c(C=O)c(Cl)c1. The predicted molar refractivity (Wildman–Crippen MR) is 97.5 cm³/mol. The molecule has 0 aliphatic rings. The summed E-state index contributed by atoms with van der Waals surface area (Å²) in [6.45, 7) is 6.82. The Morgan fingerprint density at radius 2 is 1.65 bits per heavy atom. The molecule has 0 aliphatic carbocycles. The maximum absolute atomic E-state index is 11.2. The number of carbonyl (C=O) groups excluding carboxylic acids is 1. The van der Waals surface area contributed by atoms with Crippen molar-refractivity contribution in [2.45, 2.75) is 20.8 Å². The van der Waals surface area contributed by atoms with Crippen LogP contribution < -0.4 is 10.6 Å². The standard InChI is InChI=1S/C18H21ClO3P/c1-4-21-23(22-5-2,15-9-7-6-8-10-15)16-11-14(3)17(13-20)18(19)12-16/h6-13H,4-5H2,1-3H3/q+1. The van der Waals surface area contributed by atoms with E-state index in [-0.39, 0.29) is 0 Å².